The van der Waals surface area contributed by atoms with Crippen LogP contribution in [0.3, 0.4) is 0 Å². The summed E-state index contributed by atoms with van der Waals surface area (Å²) >= 11 is 0. The highest BCUT2D eigenvalue weighted by Crippen LogP contribution is 2.44. The highest BCUT2D eigenvalue weighted by molar-refractivity contribution is 6.05. The van der Waals surface area contributed by atoms with E-state index < -0.39 is 23.7 Å². The van der Waals surface area contributed by atoms with Crippen molar-refractivity contribution >= 4 is 23.3 Å². The number of carbonyl (C=O) groups excluding carboxylic acids is 2. The molecular formula is C16H17NO5. The Bertz CT molecular complexity index is 641. The Kier molecular flexibility index (Phi) is 3.70. The maximum atomic E-state index is 12.5. The standard InChI is InChI=1S/C16H17NO5/c1-8(18)9-4-2-3-5-10(9)17-15(19)13-11-6-7-12(22-11)14(13)16(20)21/h2-5,11-14H,6-7H2,1H3,(H,17,19)(H,20,21)/t11-,12+,13+,14+/m1/s1. The molecule has 2 bridgehead atoms. The molecule has 22 heavy (non-hydrogen) atoms. The Hall–Kier alpha value is -2.21. The highest BCUT2D eigenvalue weighted by atomic mass is 16.5. The predicted octanol–water partition coefficient (Wildman–Crippen LogP) is 1.71. The van der Waals surface area contributed by atoms with Crippen molar-refractivity contribution in [1.29, 1.82) is 0 Å². The summed E-state index contributed by atoms with van der Waals surface area (Å²) in [6.07, 6.45) is 0.632. The molecule has 0 saturated carbocycles. The van der Waals surface area contributed by atoms with E-state index in [9.17, 15) is 19.5 Å². The van der Waals surface area contributed by atoms with Gasteiger partial charge in [-0.1, -0.05) is 12.1 Å². The summed E-state index contributed by atoms with van der Waals surface area (Å²) in [5.41, 5.74) is 0.818. The van der Waals surface area contributed by atoms with Crippen molar-refractivity contribution in [2.45, 2.75) is 32.0 Å². The number of rotatable bonds is 4. The van der Waals surface area contributed by atoms with Crippen molar-refractivity contribution in [2.75, 3.05) is 5.32 Å². The summed E-state index contributed by atoms with van der Waals surface area (Å²) < 4.78 is 5.59. The third-order valence-electron chi connectivity index (χ3n) is 4.43. The summed E-state index contributed by atoms with van der Waals surface area (Å²) in [5, 5.41) is 12.0. The average molecular weight is 303 g/mol. The molecule has 2 N–H and O–H groups in total. The minimum Gasteiger partial charge on any atom is -0.481 e. The summed E-state index contributed by atoms with van der Waals surface area (Å²) in [6, 6.07) is 6.70. The number of para-hydroxylation sites is 1. The number of aliphatic carboxylic acids is 1. The largest absolute Gasteiger partial charge is 0.481 e. The number of carboxylic acid groups (broad SMARTS) is 1. The van der Waals surface area contributed by atoms with E-state index in [-0.39, 0.29) is 18.0 Å². The Morgan fingerprint density at radius 3 is 2.41 bits per heavy atom. The second kappa shape index (κ2) is 5.53. The Balaban J connectivity index is 1.83. The number of Topliss-reactive ketones (excluding diaryl/α,β-unsaturated/α-hetero) is 1. The zero-order chi connectivity index (χ0) is 15.9. The van der Waals surface area contributed by atoms with Gasteiger partial charge in [-0.25, -0.2) is 0 Å². The first kappa shape index (κ1) is 14.7. The van der Waals surface area contributed by atoms with E-state index in [1.54, 1.807) is 24.3 Å². The van der Waals surface area contributed by atoms with Gasteiger partial charge in [0.25, 0.3) is 0 Å². The summed E-state index contributed by atoms with van der Waals surface area (Å²) in [4.78, 5) is 35.5. The molecular weight excluding hydrogens is 286 g/mol. The fourth-order valence-corrected chi connectivity index (χ4v) is 3.44. The Morgan fingerprint density at radius 2 is 1.77 bits per heavy atom. The maximum absolute atomic E-state index is 12.5. The van der Waals surface area contributed by atoms with E-state index in [0.717, 1.165) is 0 Å². The fraction of sp³-hybridized carbons (Fsp3) is 0.438. The van der Waals surface area contributed by atoms with Crippen LogP contribution < -0.4 is 5.32 Å². The van der Waals surface area contributed by atoms with E-state index in [2.05, 4.69) is 5.32 Å². The van der Waals surface area contributed by atoms with Crippen molar-refractivity contribution in [2.24, 2.45) is 11.8 Å². The molecule has 0 radical (unpaired) electrons. The molecule has 2 aliphatic rings. The molecule has 3 rings (SSSR count). The molecule has 6 heteroatoms. The Morgan fingerprint density at radius 1 is 1.14 bits per heavy atom. The van der Waals surface area contributed by atoms with E-state index in [1.807, 2.05) is 0 Å². The van der Waals surface area contributed by atoms with Crippen molar-refractivity contribution in [3.05, 3.63) is 29.8 Å². The van der Waals surface area contributed by atoms with Crippen molar-refractivity contribution in [3.63, 3.8) is 0 Å². The third kappa shape index (κ3) is 2.39. The summed E-state index contributed by atoms with van der Waals surface area (Å²) in [7, 11) is 0. The lowest BCUT2D eigenvalue weighted by molar-refractivity contribution is -0.147. The van der Waals surface area contributed by atoms with Crippen molar-refractivity contribution in [3.8, 4) is 0 Å². The van der Waals surface area contributed by atoms with Crippen LogP contribution in [0.4, 0.5) is 5.69 Å². The van der Waals surface area contributed by atoms with Gasteiger partial charge in [-0.05, 0) is 31.9 Å². The van der Waals surface area contributed by atoms with E-state index in [1.165, 1.54) is 6.92 Å². The quantitative estimate of drug-likeness (QED) is 0.826. The van der Waals surface area contributed by atoms with Crippen LogP contribution in [0.2, 0.25) is 0 Å². The minimum atomic E-state index is -1.01. The van der Waals surface area contributed by atoms with Crippen LogP contribution in [0.1, 0.15) is 30.1 Å². The molecule has 6 nitrogen and oxygen atoms in total. The lowest BCUT2D eigenvalue weighted by Crippen LogP contribution is -2.41. The first-order valence-electron chi connectivity index (χ1n) is 7.28. The molecule has 0 aliphatic carbocycles. The third-order valence-corrected chi connectivity index (χ3v) is 4.43. The predicted molar refractivity (Wildman–Crippen MR) is 77.6 cm³/mol. The smallest absolute Gasteiger partial charge is 0.310 e. The van der Waals surface area contributed by atoms with Crippen LogP contribution >= 0.6 is 0 Å². The maximum Gasteiger partial charge on any atom is 0.310 e. The van der Waals surface area contributed by atoms with Gasteiger partial charge in [0.15, 0.2) is 5.78 Å². The highest BCUT2D eigenvalue weighted by Gasteiger charge is 2.55. The van der Waals surface area contributed by atoms with Crippen LogP contribution in [-0.2, 0) is 14.3 Å². The molecule has 2 saturated heterocycles. The van der Waals surface area contributed by atoms with Crippen molar-refractivity contribution in [1.82, 2.24) is 0 Å². The summed E-state index contributed by atoms with van der Waals surface area (Å²) in [5.74, 6) is -3.09. The van der Waals surface area contributed by atoms with Crippen LogP contribution in [0.25, 0.3) is 0 Å². The minimum absolute atomic E-state index is 0.158. The van der Waals surface area contributed by atoms with Gasteiger partial charge in [-0.15, -0.1) is 0 Å². The van der Waals surface area contributed by atoms with Crippen LogP contribution in [0.15, 0.2) is 24.3 Å². The van der Waals surface area contributed by atoms with Crippen LogP contribution in [0.5, 0.6) is 0 Å². The number of fused-ring (bicyclic) bond motifs is 2. The first-order chi connectivity index (χ1) is 10.5. The SMILES string of the molecule is CC(=O)c1ccccc1NC(=O)[C@@H]1[C@@H](C(=O)O)[C@@H]2CC[C@H]1O2. The second-order valence-electron chi connectivity index (χ2n) is 5.77. The van der Waals surface area contributed by atoms with Gasteiger partial charge < -0.3 is 15.2 Å². The molecule has 2 heterocycles. The zero-order valence-corrected chi connectivity index (χ0v) is 12.1. The number of anilines is 1. The molecule has 2 fully saturated rings. The fourth-order valence-electron chi connectivity index (χ4n) is 3.44. The lowest BCUT2D eigenvalue weighted by Gasteiger charge is -2.24. The number of amides is 1. The Labute approximate surface area is 127 Å². The van der Waals surface area contributed by atoms with E-state index >= 15 is 0 Å². The van der Waals surface area contributed by atoms with Crippen LogP contribution in [0, 0.1) is 11.8 Å². The van der Waals surface area contributed by atoms with Crippen LogP contribution in [-0.4, -0.2) is 35.0 Å². The van der Waals surface area contributed by atoms with Gasteiger partial charge in [0.05, 0.1) is 29.7 Å². The van der Waals surface area contributed by atoms with E-state index in [4.69, 9.17) is 4.74 Å². The van der Waals surface area contributed by atoms with Gasteiger partial charge in [-0.3, -0.25) is 14.4 Å². The molecule has 0 aromatic heterocycles. The van der Waals surface area contributed by atoms with E-state index in [0.29, 0.717) is 24.1 Å². The number of carbonyl (C=O) groups is 3. The number of hydrogen-bond acceptors (Lipinski definition) is 4. The van der Waals surface area contributed by atoms with Crippen molar-refractivity contribution < 1.29 is 24.2 Å². The lowest BCUT2D eigenvalue weighted by atomic mass is 9.78. The molecule has 116 valence electrons. The zero-order valence-electron chi connectivity index (χ0n) is 12.1. The number of nitrogens with one attached hydrogen (secondary N) is 1. The molecule has 0 unspecified atom stereocenters. The molecule has 4 atom stereocenters. The molecule has 1 amide bonds. The van der Waals surface area contributed by atoms with Gasteiger partial charge in [-0.2, -0.15) is 0 Å². The number of hydrogen-bond donors (Lipinski definition) is 2. The first-order valence-corrected chi connectivity index (χ1v) is 7.28. The average Bonchev–Trinajstić information content (AvgIpc) is 3.08. The number of benzene rings is 1. The normalized spacial score (nSPS) is 29.3. The number of carboxylic acids is 1. The summed E-state index contributed by atoms with van der Waals surface area (Å²) in [6.45, 7) is 1.42. The van der Waals surface area contributed by atoms with Gasteiger partial charge in [0, 0.05) is 5.56 Å². The molecule has 0 spiro atoms. The second-order valence-corrected chi connectivity index (χ2v) is 5.77. The van der Waals surface area contributed by atoms with Gasteiger partial charge >= 0.3 is 5.97 Å². The number of ether oxygens (including phenoxy) is 1. The number of ketones is 1. The van der Waals surface area contributed by atoms with Gasteiger partial charge in [0.2, 0.25) is 5.91 Å². The molecule has 1 aromatic carbocycles. The molecule has 1 aromatic rings. The topological polar surface area (TPSA) is 92.7 Å². The molecule has 2 aliphatic heterocycles. The van der Waals surface area contributed by atoms with Gasteiger partial charge in [0.1, 0.15) is 0 Å². The monoisotopic (exact) mass is 303 g/mol.